The molecule has 0 saturated carbocycles. The number of aliphatic carboxylic acids is 1. The molecule has 16 heavy (non-hydrogen) atoms. The summed E-state index contributed by atoms with van der Waals surface area (Å²) in [7, 11) is 0. The molecule has 5 nitrogen and oxygen atoms in total. The monoisotopic (exact) mass is 234 g/mol. The van der Waals surface area contributed by atoms with E-state index >= 15 is 0 Å². The predicted octanol–water partition coefficient (Wildman–Crippen LogP) is -3.42. The Kier molecular flexibility index (Phi) is 6.43. The van der Waals surface area contributed by atoms with Gasteiger partial charge in [-0.05, 0) is 24.6 Å². The molecular formula is C10H11NaO5. The average Bonchev–Trinajstić information content (AvgIpc) is 2.20. The minimum Gasteiger partial charge on any atom is -0.547 e. The van der Waals surface area contributed by atoms with Gasteiger partial charge in [-0.1, -0.05) is 6.07 Å². The van der Waals surface area contributed by atoms with E-state index in [1.807, 2.05) is 0 Å². The van der Waals surface area contributed by atoms with Crippen LogP contribution in [0.1, 0.15) is 18.6 Å². The quantitative estimate of drug-likeness (QED) is 0.529. The van der Waals surface area contributed by atoms with Gasteiger partial charge in [-0.25, -0.2) is 0 Å². The molecule has 6 heteroatoms. The summed E-state index contributed by atoms with van der Waals surface area (Å²) in [6.07, 6.45) is -1.72. The van der Waals surface area contributed by atoms with E-state index in [0.717, 1.165) is 0 Å². The summed E-state index contributed by atoms with van der Waals surface area (Å²) in [4.78, 5) is 10.4. The second kappa shape index (κ2) is 6.75. The van der Waals surface area contributed by atoms with E-state index < -0.39 is 12.1 Å². The fourth-order valence-electron chi connectivity index (χ4n) is 1.11. The Bertz CT molecular complexity index is 366. The summed E-state index contributed by atoms with van der Waals surface area (Å²) in [5, 5.41) is 28.9. The molecule has 0 aliphatic heterocycles. The number of phenolic OH excluding ortho intramolecular Hbond substituents is 1. The van der Waals surface area contributed by atoms with Gasteiger partial charge in [0.25, 0.3) is 0 Å². The number of hydrogen-bond acceptors (Lipinski definition) is 5. The molecule has 0 bridgehead atoms. The molecule has 0 amide bonds. The number of carbonyl (C=O) groups excluding carboxylic acids is 1. The van der Waals surface area contributed by atoms with E-state index in [-0.39, 0.29) is 46.6 Å². The molecule has 0 aliphatic carbocycles. The normalized spacial score (nSPS) is 11.4. The van der Waals surface area contributed by atoms with Gasteiger partial charge in [0.1, 0.15) is 6.10 Å². The predicted molar refractivity (Wildman–Crippen MR) is 49.2 cm³/mol. The van der Waals surface area contributed by atoms with Crippen molar-refractivity contribution in [3.63, 3.8) is 0 Å². The molecule has 0 radical (unpaired) electrons. The van der Waals surface area contributed by atoms with Crippen LogP contribution in [0.2, 0.25) is 0 Å². The minimum absolute atomic E-state index is 0. The number of hydrogen-bond donors (Lipinski definition) is 2. The van der Waals surface area contributed by atoms with Crippen LogP contribution in [0.15, 0.2) is 18.2 Å². The molecular weight excluding hydrogens is 223 g/mol. The van der Waals surface area contributed by atoms with Crippen molar-refractivity contribution in [1.29, 1.82) is 0 Å². The first-order chi connectivity index (χ1) is 7.06. The van der Waals surface area contributed by atoms with Crippen molar-refractivity contribution in [2.24, 2.45) is 0 Å². The Morgan fingerprint density at radius 2 is 2.19 bits per heavy atom. The number of carbonyl (C=O) groups is 1. The van der Waals surface area contributed by atoms with Gasteiger partial charge in [0.15, 0.2) is 11.5 Å². The molecule has 1 rings (SSSR count). The van der Waals surface area contributed by atoms with Crippen molar-refractivity contribution in [3.05, 3.63) is 23.8 Å². The van der Waals surface area contributed by atoms with Crippen molar-refractivity contribution in [3.8, 4) is 11.5 Å². The number of aliphatic hydroxyl groups is 1. The second-order valence-electron chi connectivity index (χ2n) is 2.88. The molecule has 0 heterocycles. The van der Waals surface area contributed by atoms with Gasteiger partial charge >= 0.3 is 29.6 Å². The molecule has 1 aromatic carbocycles. The van der Waals surface area contributed by atoms with Crippen LogP contribution in [0.4, 0.5) is 0 Å². The Hall–Kier alpha value is -0.750. The number of phenols is 1. The van der Waals surface area contributed by atoms with Crippen LogP contribution < -0.4 is 39.4 Å². The SMILES string of the molecule is CCOc1cc(C(O)C(=O)[O-])ccc1O.[Na+]. The van der Waals surface area contributed by atoms with E-state index in [0.29, 0.717) is 6.61 Å². The van der Waals surface area contributed by atoms with Crippen LogP contribution in [0.3, 0.4) is 0 Å². The largest absolute Gasteiger partial charge is 1.00 e. The molecule has 1 aromatic rings. The Morgan fingerprint density at radius 1 is 1.56 bits per heavy atom. The van der Waals surface area contributed by atoms with Crippen LogP contribution >= 0.6 is 0 Å². The smallest absolute Gasteiger partial charge is 0.547 e. The maximum atomic E-state index is 10.4. The van der Waals surface area contributed by atoms with Crippen molar-refractivity contribution < 1.29 is 54.4 Å². The zero-order valence-corrected chi connectivity index (χ0v) is 11.1. The molecule has 1 unspecified atom stereocenters. The number of carboxylic acid groups (broad SMARTS) is 1. The number of rotatable bonds is 4. The zero-order valence-electron chi connectivity index (χ0n) is 9.14. The molecule has 0 saturated heterocycles. The standard InChI is InChI=1S/C10H12O5.Na/c1-2-15-8-5-6(3-4-7(8)11)9(12)10(13)14;/h3-5,9,11-12H,2H2,1H3,(H,13,14);/q;+1/p-1. The van der Waals surface area contributed by atoms with E-state index in [9.17, 15) is 20.1 Å². The van der Waals surface area contributed by atoms with Crippen LogP contribution in [0.25, 0.3) is 0 Å². The molecule has 82 valence electrons. The average molecular weight is 234 g/mol. The van der Waals surface area contributed by atoms with Gasteiger partial charge in [-0.3, -0.25) is 0 Å². The first-order valence-electron chi connectivity index (χ1n) is 4.41. The second-order valence-corrected chi connectivity index (χ2v) is 2.88. The van der Waals surface area contributed by atoms with Crippen molar-refractivity contribution >= 4 is 5.97 Å². The molecule has 1 atom stereocenters. The van der Waals surface area contributed by atoms with Gasteiger partial charge in [-0.15, -0.1) is 0 Å². The third-order valence-electron chi connectivity index (χ3n) is 1.82. The van der Waals surface area contributed by atoms with Gasteiger partial charge in [0.05, 0.1) is 12.6 Å². The van der Waals surface area contributed by atoms with Crippen LogP contribution in [0, 0.1) is 0 Å². The third-order valence-corrected chi connectivity index (χ3v) is 1.82. The van der Waals surface area contributed by atoms with Gasteiger partial charge < -0.3 is 24.9 Å². The van der Waals surface area contributed by atoms with Crippen LogP contribution in [0.5, 0.6) is 11.5 Å². The summed E-state index contributed by atoms with van der Waals surface area (Å²) in [6, 6.07) is 3.81. The number of aliphatic hydroxyl groups excluding tert-OH is 1. The Morgan fingerprint density at radius 3 is 2.69 bits per heavy atom. The number of benzene rings is 1. The fourth-order valence-corrected chi connectivity index (χ4v) is 1.11. The number of ether oxygens (including phenoxy) is 1. The number of carboxylic acids is 1. The fraction of sp³-hybridized carbons (Fsp3) is 0.300. The minimum atomic E-state index is -1.72. The van der Waals surface area contributed by atoms with Gasteiger partial charge in [-0.2, -0.15) is 0 Å². The summed E-state index contributed by atoms with van der Waals surface area (Å²) in [6.45, 7) is 2.06. The van der Waals surface area contributed by atoms with E-state index in [4.69, 9.17) is 4.74 Å². The van der Waals surface area contributed by atoms with Crippen LogP contribution in [-0.2, 0) is 4.79 Å². The van der Waals surface area contributed by atoms with E-state index in [1.54, 1.807) is 6.92 Å². The van der Waals surface area contributed by atoms with E-state index in [2.05, 4.69) is 0 Å². The van der Waals surface area contributed by atoms with Crippen molar-refractivity contribution in [2.75, 3.05) is 6.61 Å². The zero-order chi connectivity index (χ0) is 11.4. The topological polar surface area (TPSA) is 89.8 Å². The van der Waals surface area contributed by atoms with Crippen molar-refractivity contribution in [2.45, 2.75) is 13.0 Å². The molecule has 0 aromatic heterocycles. The molecule has 0 spiro atoms. The first kappa shape index (κ1) is 15.2. The van der Waals surface area contributed by atoms with Crippen LogP contribution in [-0.4, -0.2) is 22.8 Å². The first-order valence-corrected chi connectivity index (χ1v) is 4.41. The Labute approximate surface area is 115 Å². The van der Waals surface area contributed by atoms with Gasteiger partial charge in [0, 0.05) is 0 Å². The molecule has 0 fully saturated rings. The van der Waals surface area contributed by atoms with Gasteiger partial charge in [0.2, 0.25) is 0 Å². The maximum absolute atomic E-state index is 10.4. The summed E-state index contributed by atoms with van der Waals surface area (Å²) < 4.78 is 5.03. The summed E-state index contributed by atoms with van der Waals surface area (Å²) >= 11 is 0. The van der Waals surface area contributed by atoms with Crippen molar-refractivity contribution in [1.82, 2.24) is 0 Å². The number of aromatic hydroxyl groups is 1. The third kappa shape index (κ3) is 3.68. The molecule has 0 aliphatic rings. The Balaban J connectivity index is 0.00000225. The summed E-state index contributed by atoms with van der Waals surface area (Å²) in [5.74, 6) is -1.57. The maximum Gasteiger partial charge on any atom is 1.00 e. The van der Waals surface area contributed by atoms with E-state index in [1.165, 1.54) is 18.2 Å². The molecule has 2 N–H and O–H groups in total. The summed E-state index contributed by atoms with van der Waals surface area (Å²) in [5.41, 5.74) is 0.108.